The highest BCUT2D eigenvalue weighted by Gasteiger charge is 2.21. The van der Waals surface area contributed by atoms with Gasteiger partial charge in [0.05, 0.1) is 5.60 Å². The van der Waals surface area contributed by atoms with E-state index in [9.17, 15) is 4.79 Å². The van der Waals surface area contributed by atoms with Gasteiger partial charge in [-0.3, -0.25) is 4.79 Å². The SMILES string of the molecule is CCCN1CCC(NC(=O)COC(C)(C)C)CC1. The number of hydrogen-bond acceptors (Lipinski definition) is 3. The lowest BCUT2D eigenvalue weighted by Crippen LogP contribution is -2.46. The molecule has 0 radical (unpaired) electrons. The molecule has 0 aliphatic carbocycles. The number of rotatable bonds is 5. The van der Waals surface area contributed by atoms with Crippen LogP contribution in [0.5, 0.6) is 0 Å². The summed E-state index contributed by atoms with van der Waals surface area (Å²) in [6.45, 7) is 11.6. The van der Waals surface area contributed by atoms with E-state index in [1.54, 1.807) is 0 Å². The van der Waals surface area contributed by atoms with E-state index in [4.69, 9.17) is 4.74 Å². The Morgan fingerprint density at radius 3 is 2.44 bits per heavy atom. The lowest BCUT2D eigenvalue weighted by molar-refractivity contribution is -0.131. The molecule has 0 spiro atoms. The van der Waals surface area contributed by atoms with E-state index in [1.807, 2.05) is 20.8 Å². The quantitative estimate of drug-likeness (QED) is 0.815. The van der Waals surface area contributed by atoms with Crippen LogP contribution in [0.25, 0.3) is 0 Å². The minimum absolute atomic E-state index is 0.0128. The first kappa shape index (κ1) is 15.4. The monoisotopic (exact) mass is 256 g/mol. The Bertz CT molecular complexity index is 253. The molecule has 1 saturated heterocycles. The summed E-state index contributed by atoms with van der Waals surface area (Å²) >= 11 is 0. The highest BCUT2D eigenvalue weighted by Crippen LogP contribution is 2.11. The Labute approximate surface area is 111 Å². The van der Waals surface area contributed by atoms with Crippen molar-refractivity contribution < 1.29 is 9.53 Å². The molecule has 0 saturated carbocycles. The zero-order chi connectivity index (χ0) is 13.6. The van der Waals surface area contributed by atoms with E-state index in [0.717, 1.165) is 25.9 Å². The van der Waals surface area contributed by atoms with Crippen LogP contribution < -0.4 is 5.32 Å². The average Bonchev–Trinajstić information content (AvgIpc) is 2.29. The van der Waals surface area contributed by atoms with Crippen LogP contribution in [0.4, 0.5) is 0 Å². The van der Waals surface area contributed by atoms with E-state index < -0.39 is 0 Å². The number of hydrogen-bond donors (Lipinski definition) is 1. The molecule has 1 amide bonds. The first-order valence-electron chi connectivity index (χ1n) is 7.06. The molecule has 1 rings (SSSR count). The molecule has 0 atom stereocenters. The van der Waals surface area contributed by atoms with Gasteiger partial charge in [-0.1, -0.05) is 6.92 Å². The van der Waals surface area contributed by atoms with Crippen molar-refractivity contribution in [3.63, 3.8) is 0 Å². The largest absolute Gasteiger partial charge is 0.366 e. The number of carbonyl (C=O) groups excluding carboxylic acids is 1. The summed E-state index contributed by atoms with van der Waals surface area (Å²) in [5, 5.41) is 3.06. The van der Waals surface area contributed by atoms with Crippen molar-refractivity contribution in [3.05, 3.63) is 0 Å². The maximum Gasteiger partial charge on any atom is 0.246 e. The third kappa shape index (κ3) is 6.36. The molecule has 4 nitrogen and oxygen atoms in total. The van der Waals surface area contributed by atoms with Crippen molar-refractivity contribution in [3.8, 4) is 0 Å². The Morgan fingerprint density at radius 2 is 1.94 bits per heavy atom. The molecule has 1 heterocycles. The van der Waals surface area contributed by atoms with Crippen molar-refractivity contribution in [2.45, 2.75) is 58.6 Å². The number of ether oxygens (including phenoxy) is 1. The fourth-order valence-corrected chi connectivity index (χ4v) is 2.17. The molecule has 0 unspecified atom stereocenters. The minimum atomic E-state index is -0.248. The van der Waals surface area contributed by atoms with Crippen molar-refractivity contribution in [2.75, 3.05) is 26.2 Å². The number of carbonyl (C=O) groups is 1. The van der Waals surface area contributed by atoms with Gasteiger partial charge in [0.1, 0.15) is 6.61 Å². The molecule has 1 N–H and O–H groups in total. The predicted octanol–water partition coefficient (Wildman–Crippen LogP) is 1.79. The maximum absolute atomic E-state index is 11.7. The summed E-state index contributed by atoms with van der Waals surface area (Å²) in [7, 11) is 0. The molecule has 1 aliphatic heterocycles. The Morgan fingerprint density at radius 1 is 1.33 bits per heavy atom. The molecule has 1 fully saturated rings. The van der Waals surface area contributed by atoms with Crippen LogP contribution in [-0.2, 0) is 9.53 Å². The van der Waals surface area contributed by atoms with Crippen molar-refractivity contribution in [1.29, 1.82) is 0 Å². The molecule has 0 aromatic heterocycles. The fraction of sp³-hybridized carbons (Fsp3) is 0.929. The highest BCUT2D eigenvalue weighted by atomic mass is 16.5. The summed E-state index contributed by atoms with van der Waals surface area (Å²) in [5.74, 6) is 0.0128. The lowest BCUT2D eigenvalue weighted by Gasteiger charge is -2.32. The normalized spacial score (nSPS) is 18.9. The van der Waals surface area contributed by atoms with Gasteiger partial charge in [0.15, 0.2) is 0 Å². The Kier molecular flexibility index (Phi) is 6.09. The topological polar surface area (TPSA) is 41.6 Å². The summed E-state index contributed by atoms with van der Waals surface area (Å²) in [6, 6.07) is 0.328. The van der Waals surface area contributed by atoms with Gasteiger partial charge in [-0.15, -0.1) is 0 Å². The van der Waals surface area contributed by atoms with Crippen LogP contribution in [-0.4, -0.2) is 48.7 Å². The minimum Gasteiger partial charge on any atom is -0.366 e. The van der Waals surface area contributed by atoms with E-state index in [0.29, 0.717) is 6.04 Å². The van der Waals surface area contributed by atoms with Crippen molar-refractivity contribution >= 4 is 5.91 Å². The Hall–Kier alpha value is -0.610. The van der Waals surface area contributed by atoms with Gasteiger partial charge in [-0.25, -0.2) is 0 Å². The standard InChI is InChI=1S/C14H28N2O2/c1-5-8-16-9-6-12(7-10-16)15-13(17)11-18-14(2,3)4/h12H,5-11H2,1-4H3,(H,15,17). The molecular weight excluding hydrogens is 228 g/mol. The second-order valence-electron chi connectivity index (χ2n) is 6.08. The molecule has 0 aromatic rings. The second kappa shape index (κ2) is 7.10. The van der Waals surface area contributed by atoms with Gasteiger partial charge in [0.2, 0.25) is 5.91 Å². The van der Waals surface area contributed by atoms with Crippen LogP contribution >= 0.6 is 0 Å². The fourth-order valence-electron chi connectivity index (χ4n) is 2.17. The molecule has 0 bridgehead atoms. The van der Waals surface area contributed by atoms with Crippen LogP contribution in [0.2, 0.25) is 0 Å². The number of likely N-dealkylation sites (tertiary alicyclic amines) is 1. The number of piperidine rings is 1. The molecule has 106 valence electrons. The van der Waals surface area contributed by atoms with E-state index in [2.05, 4.69) is 17.1 Å². The van der Waals surface area contributed by atoms with Crippen LogP contribution in [0.15, 0.2) is 0 Å². The third-order valence-electron chi connectivity index (χ3n) is 3.13. The van der Waals surface area contributed by atoms with E-state index in [1.165, 1.54) is 13.0 Å². The molecule has 1 aliphatic rings. The first-order chi connectivity index (χ1) is 8.40. The molecule has 0 aromatic carbocycles. The number of nitrogens with zero attached hydrogens (tertiary/aromatic N) is 1. The van der Waals surface area contributed by atoms with Crippen LogP contribution in [0, 0.1) is 0 Å². The zero-order valence-corrected chi connectivity index (χ0v) is 12.3. The Balaban J connectivity index is 2.18. The van der Waals surface area contributed by atoms with Crippen LogP contribution in [0.1, 0.15) is 47.0 Å². The lowest BCUT2D eigenvalue weighted by atomic mass is 10.0. The summed E-state index contributed by atoms with van der Waals surface area (Å²) < 4.78 is 5.47. The van der Waals surface area contributed by atoms with Gasteiger partial charge in [-0.05, 0) is 46.6 Å². The van der Waals surface area contributed by atoms with Gasteiger partial charge in [0, 0.05) is 19.1 Å². The van der Waals surface area contributed by atoms with Crippen molar-refractivity contribution in [2.24, 2.45) is 0 Å². The highest BCUT2D eigenvalue weighted by molar-refractivity contribution is 5.77. The third-order valence-corrected chi connectivity index (χ3v) is 3.13. The zero-order valence-electron chi connectivity index (χ0n) is 12.3. The maximum atomic E-state index is 11.7. The van der Waals surface area contributed by atoms with Crippen molar-refractivity contribution in [1.82, 2.24) is 10.2 Å². The van der Waals surface area contributed by atoms with Crippen LogP contribution in [0.3, 0.4) is 0 Å². The van der Waals surface area contributed by atoms with E-state index >= 15 is 0 Å². The molecule has 18 heavy (non-hydrogen) atoms. The number of nitrogens with one attached hydrogen (secondary N) is 1. The molecular formula is C14H28N2O2. The second-order valence-corrected chi connectivity index (χ2v) is 6.08. The predicted molar refractivity (Wildman–Crippen MR) is 73.6 cm³/mol. The van der Waals surface area contributed by atoms with Gasteiger partial charge < -0.3 is 15.0 Å². The average molecular weight is 256 g/mol. The first-order valence-corrected chi connectivity index (χ1v) is 7.06. The van der Waals surface area contributed by atoms with Gasteiger partial charge >= 0.3 is 0 Å². The number of amides is 1. The summed E-state index contributed by atoms with van der Waals surface area (Å²) in [5.41, 5.74) is -0.248. The summed E-state index contributed by atoms with van der Waals surface area (Å²) in [6.07, 6.45) is 3.32. The summed E-state index contributed by atoms with van der Waals surface area (Å²) in [4.78, 5) is 14.2. The smallest absolute Gasteiger partial charge is 0.246 e. The van der Waals surface area contributed by atoms with E-state index in [-0.39, 0.29) is 18.1 Å². The molecule has 4 heteroatoms. The van der Waals surface area contributed by atoms with Gasteiger partial charge in [-0.2, -0.15) is 0 Å². The van der Waals surface area contributed by atoms with Gasteiger partial charge in [0.25, 0.3) is 0 Å².